The van der Waals surface area contributed by atoms with Crippen LogP contribution in [0.15, 0.2) is 24.3 Å². The average Bonchev–Trinajstić information content (AvgIpc) is 3.35. The number of aromatic hydroxyl groups is 1. The van der Waals surface area contributed by atoms with E-state index in [1.54, 1.807) is 18.2 Å². The predicted octanol–water partition coefficient (Wildman–Crippen LogP) is 4.03. The topological polar surface area (TPSA) is 70.1 Å². The van der Waals surface area contributed by atoms with Gasteiger partial charge in [0.25, 0.3) is 0 Å². The monoisotopic (exact) mass is 316 g/mol. The van der Waals surface area contributed by atoms with Crippen molar-refractivity contribution < 1.29 is 5.11 Å². The van der Waals surface area contributed by atoms with Crippen LogP contribution < -0.4 is 10.6 Å². The van der Waals surface area contributed by atoms with E-state index < -0.39 is 0 Å². The lowest BCUT2D eigenvalue weighted by Crippen LogP contribution is -2.08. The molecule has 4 rings (SSSR count). The van der Waals surface area contributed by atoms with Gasteiger partial charge in [0.05, 0.1) is 11.4 Å². The van der Waals surface area contributed by atoms with Gasteiger partial charge in [0.1, 0.15) is 11.6 Å². The molecule has 0 spiro atoms. The number of rotatable bonds is 5. The molecule has 2 aliphatic rings. The molecule has 1 heterocycles. The van der Waals surface area contributed by atoms with Gasteiger partial charge in [-0.15, -0.1) is 0 Å². The van der Waals surface area contributed by atoms with Crippen LogP contribution in [-0.2, 0) is 0 Å². The number of halogens is 1. The van der Waals surface area contributed by atoms with Crippen LogP contribution in [0.1, 0.15) is 37.3 Å². The molecule has 1 aromatic carbocycles. The number of benzene rings is 1. The Kier molecular flexibility index (Phi) is 3.30. The molecule has 5 nitrogen and oxygen atoms in total. The van der Waals surface area contributed by atoms with E-state index >= 15 is 0 Å². The highest BCUT2D eigenvalue weighted by Gasteiger charge is 2.28. The summed E-state index contributed by atoms with van der Waals surface area (Å²) in [7, 11) is 0. The maximum atomic E-state index is 9.93. The fraction of sp³-hybridized carbons (Fsp3) is 0.375. The lowest BCUT2D eigenvalue weighted by atomic mass is 10.2. The lowest BCUT2D eigenvalue weighted by Gasteiger charge is -2.12. The molecule has 0 unspecified atom stereocenters. The zero-order chi connectivity index (χ0) is 15.1. The van der Waals surface area contributed by atoms with Crippen molar-refractivity contribution in [2.75, 3.05) is 10.6 Å². The van der Waals surface area contributed by atoms with Gasteiger partial charge in [0, 0.05) is 23.0 Å². The molecule has 22 heavy (non-hydrogen) atoms. The Hall–Kier alpha value is -2.01. The summed E-state index contributed by atoms with van der Waals surface area (Å²) in [6.45, 7) is 0. The van der Waals surface area contributed by atoms with E-state index in [0.717, 1.165) is 5.69 Å². The van der Waals surface area contributed by atoms with Crippen LogP contribution in [0.3, 0.4) is 0 Å². The summed E-state index contributed by atoms with van der Waals surface area (Å²) in [5.74, 6) is 2.03. The van der Waals surface area contributed by atoms with E-state index in [1.807, 2.05) is 6.07 Å². The minimum absolute atomic E-state index is 0.146. The van der Waals surface area contributed by atoms with Crippen LogP contribution in [0.5, 0.6) is 5.75 Å². The molecular formula is C16H17ClN4O. The summed E-state index contributed by atoms with van der Waals surface area (Å²) in [5.41, 5.74) is 1.60. The Morgan fingerprint density at radius 1 is 1.09 bits per heavy atom. The van der Waals surface area contributed by atoms with Crippen molar-refractivity contribution in [3.63, 3.8) is 0 Å². The van der Waals surface area contributed by atoms with Gasteiger partial charge in [-0.25, -0.2) is 4.98 Å². The third-order valence-corrected chi connectivity index (χ3v) is 4.11. The summed E-state index contributed by atoms with van der Waals surface area (Å²) < 4.78 is 0. The number of hydrogen-bond acceptors (Lipinski definition) is 5. The molecule has 0 amide bonds. The van der Waals surface area contributed by atoms with Gasteiger partial charge in [-0.2, -0.15) is 4.98 Å². The van der Waals surface area contributed by atoms with Crippen LogP contribution in [0.2, 0.25) is 5.02 Å². The highest BCUT2D eigenvalue weighted by molar-refractivity contribution is 6.30. The first-order chi connectivity index (χ1) is 10.7. The maximum absolute atomic E-state index is 9.93. The van der Waals surface area contributed by atoms with Crippen molar-refractivity contribution >= 4 is 29.1 Å². The molecule has 0 radical (unpaired) electrons. The second kappa shape index (κ2) is 5.32. The fourth-order valence-corrected chi connectivity index (χ4v) is 2.51. The molecule has 2 aliphatic carbocycles. The van der Waals surface area contributed by atoms with Gasteiger partial charge in [0.2, 0.25) is 5.95 Å². The van der Waals surface area contributed by atoms with Crippen molar-refractivity contribution in [2.45, 2.75) is 37.6 Å². The van der Waals surface area contributed by atoms with E-state index in [4.69, 9.17) is 11.6 Å². The molecular weight excluding hydrogens is 300 g/mol. The van der Waals surface area contributed by atoms with Crippen molar-refractivity contribution in [1.29, 1.82) is 0 Å². The molecule has 114 valence electrons. The number of phenolic OH excluding ortho intramolecular Hbond substituents is 1. The average molecular weight is 317 g/mol. The summed E-state index contributed by atoms with van der Waals surface area (Å²) in [6.07, 6.45) is 4.72. The normalized spacial score (nSPS) is 17.3. The maximum Gasteiger partial charge on any atom is 0.225 e. The SMILES string of the molecule is Oc1ccc(Cl)cc1Nc1cc(C2CC2)nc(NC2CC2)n1. The van der Waals surface area contributed by atoms with Crippen LogP contribution in [0, 0.1) is 0 Å². The zero-order valence-corrected chi connectivity index (χ0v) is 12.8. The Morgan fingerprint density at radius 3 is 2.64 bits per heavy atom. The summed E-state index contributed by atoms with van der Waals surface area (Å²) >= 11 is 5.99. The van der Waals surface area contributed by atoms with Crippen LogP contribution in [0.25, 0.3) is 0 Å². The third kappa shape index (κ3) is 3.09. The van der Waals surface area contributed by atoms with Crippen LogP contribution >= 0.6 is 11.6 Å². The van der Waals surface area contributed by atoms with E-state index in [1.165, 1.54) is 25.7 Å². The molecule has 3 N–H and O–H groups in total. The lowest BCUT2D eigenvalue weighted by molar-refractivity contribution is 0.477. The van der Waals surface area contributed by atoms with Crippen molar-refractivity contribution in [1.82, 2.24) is 9.97 Å². The first-order valence-corrected chi connectivity index (χ1v) is 7.96. The van der Waals surface area contributed by atoms with Gasteiger partial charge in [-0.3, -0.25) is 0 Å². The number of hydrogen-bond donors (Lipinski definition) is 3. The molecule has 0 saturated heterocycles. The molecule has 0 bridgehead atoms. The highest BCUT2D eigenvalue weighted by atomic mass is 35.5. The first-order valence-electron chi connectivity index (χ1n) is 7.58. The largest absolute Gasteiger partial charge is 0.506 e. The number of phenols is 1. The second-order valence-corrected chi connectivity index (χ2v) is 6.42. The zero-order valence-electron chi connectivity index (χ0n) is 12.0. The number of nitrogens with zero attached hydrogens (tertiary/aromatic N) is 2. The first kappa shape index (κ1) is 13.6. The van der Waals surface area contributed by atoms with E-state index in [9.17, 15) is 5.11 Å². The Labute approximate surface area is 133 Å². The Bertz CT molecular complexity index is 713. The van der Waals surface area contributed by atoms with E-state index in [-0.39, 0.29) is 5.75 Å². The minimum atomic E-state index is 0.146. The molecule has 6 heteroatoms. The molecule has 2 aromatic rings. The van der Waals surface area contributed by atoms with Crippen LogP contribution in [-0.4, -0.2) is 21.1 Å². The number of aromatic nitrogens is 2. The van der Waals surface area contributed by atoms with Gasteiger partial charge < -0.3 is 15.7 Å². The Balaban J connectivity index is 1.64. The molecule has 2 saturated carbocycles. The third-order valence-electron chi connectivity index (χ3n) is 3.87. The second-order valence-electron chi connectivity index (χ2n) is 5.98. The molecule has 2 fully saturated rings. The number of anilines is 3. The Morgan fingerprint density at radius 2 is 1.91 bits per heavy atom. The van der Waals surface area contributed by atoms with Crippen molar-refractivity contribution in [2.24, 2.45) is 0 Å². The van der Waals surface area contributed by atoms with Crippen molar-refractivity contribution in [3.05, 3.63) is 35.0 Å². The quantitative estimate of drug-likeness (QED) is 0.726. The molecule has 0 atom stereocenters. The van der Waals surface area contributed by atoms with Gasteiger partial charge in [-0.1, -0.05) is 11.6 Å². The fourth-order valence-electron chi connectivity index (χ4n) is 2.34. The van der Waals surface area contributed by atoms with E-state index in [0.29, 0.717) is 34.4 Å². The smallest absolute Gasteiger partial charge is 0.225 e. The highest BCUT2D eigenvalue weighted by Crippen LogP contribution is 2.40. The minimum Gasteiger partial charge on any atom is -0.506 e. The summed E-state index contributed by atoms with van der Waals surface area (Å²) in [4.78, 5) is 9.11. The molecule has 1 aromatic heterocycles. The van der Waals surface area contributed by atoms with Crippen LogP contribution in [0.4, 0.5) is 17.5 Å². The predicted molar refractivity (Wildman–Crippen MR) is 87.1 cm³/mol. The molecule has 0 aliphatic heterocycles. The van der Waals surface area contributed by atoms with Gasteiger partial charge in [-0.05, 0) is 43.9 Å². The van der Waals surface area contributed by atoms with E-state index in [2.05, 4.69) is 20.6 Å². The summed E-state index contributed by atoms with van der Waals surface area (Å²) in [5, 5.41) is 17.0. The number of nitrogens with one attached hydrogen (secondary N) is 2. The standard InChI is InChI=1S/C16H17ClN4O/c17-10-3-6-14(22)13(7-10)19-15-8-12(9-1-2-9)20-16(21-15)18-11-4-5-11/h3,6-9,11,22H,1-2,4-5H2,(H2,18,19,20,21). The van der Waals surface area contributed by atoms with Gasteiger partial charge in [0.15, 0.2) is 0 Å². The summed E-state index contributed by atoms with van der Waals surface area (Å²) in [6, 6.07) is 7.36. The van der Waals surface area contributed by atoms with Gasteiger partial charge >= 0.3 is 0 Å². The van der Waals surface area contributed by atoms with Crippen molar-refractivity contribution in [3.8, 4) is 5.75 Å².